The van der Waals surface area contributed by atoms with Gasteiger partial charge < -0.3 is 30.0 Å². The first-order valence-corrected chi connectivity index (χ1v) is 14.6. The Bertz CT molecular complexity index is 1540. The summed E-state index contributed by atoms with van der Waals surface area (Å²) in [6.45, 7) is 2.09. The van der Waals surface area contributed by atoms with E-state index in [4.69, 9.17) is 15.2 Å². The zero-order chi connectivity index (χ0) is 28.9. The van der Waals surface area contributed by atoms with Gasteiger partial charge in [-0.1, -0.05) is 0 Å². The lowest BCUT2D eigenvalue weighted by Gasteiger charge is -2.61. The molecule has 1 aliphatic heterocycles. The van der Waals surface area contributed by atoms with Crippen LogP contribution in [0.3, 0.4) is 0 Å². The molecule has 8 rings (SSSR count). The molecule has 0 radical (unpaired) electrons. The number of amides is 1. The fourth-order valence-corrected chi connectivity index (χ4v) is 6.00. The van der Waals surface area contributed by atoms with E-state index in [9.17, 15) is 10.1 Å². The van der Waals surface area contributed by atoms with Gasteiger partial charge in [0.25, 0.3) is 5.91 Å². The molecule has 1 saturated heterocycles. The maximum absolute atomic E-state index is 13.1. The zero-order valence-corrected chi connectivity index (χ0v) is 23.6. The van der Waals surface area contributed by atoms with Gasteiger partial charge in [-0.2, -0.15) is 20.2 Å². The number of rotatable bonds is 10. The molecule has 1 amide bonds. The molecular weight excluding hydrogens is 536 g/mol. The van der Waals surface area contributed by atoms with Gasteiger partial charge in [0.15, 0.2) is 11.6 Å². The summed E-state index contributed by atoms with van der Waals surface area (Å²) < 4.78 is 13.9. The largest absolute Gasteiger partial charge is 0.489 e. The van der Waals surface area contributed by atoms with Crippen LogP contribution in [0.2, 0.25) is 0 Å². The molecule has 0 aromatic carbocycles. The average molecular weight is 571 g/mol. The number of carbonyl (C=O) groups is 1. The Morgan fingerprint density at radius 1 is 1.17 bits per heavy atom. The molecule has 2 bridgehead atoms. The van der Waals surface area contributed by atoms with E-state index in [0.717, 1.165) is 62.1 Å². The Morgan fingerprint density at radius 3 is 2.60 bits per heavy atom. The minimum Gasteiger partial charge on any atom is -0.489 e. The van der Waals surface area contributed by atoms with Crippen molar-refractivity contribution in [3.63, 3.8) is 0 Å². The van der Waals surface area contributed by atoms with Crippen LogP contribution in [0.15, 0.2) is 24.8 Å². The van der Waals surface area contributed by atoms with E-state index in [-0.39, 0.29) is 29.9 Å². The molecule has 3 N–H and O–H groups in total. The van der Waals surface area contributed by atoms with Gasteiger partial charge in [0, 0.05) is 43.6 Å². The van der Waals surface area contributed by atoms with Gasteiger partial charge in [-0.05, 0) is 62.8 Å². The molecule has 4 heterocycles. The summed E-state index contributed by atoms with van der Waals surface area (Å²) in [7, 11) is 1.92. The molecule has 4 aliphatic carbocycles. The molecule has 3 aromatic rings. The number of aromatic nitrogens is 6. The average Bonchev–Trinajstić information content (AvgIpc) is 3.63. The fourth-order valence-electron chi connectivity index (χ4n) is 6.00. The summed E-state index contributed by atoms with van der Waals surface area (Å²) in [6.07, 6.45) is 11.7. The van der Waals surface area contributed by atoms with Crippen molar-refractivity contribution in [3.8, 4) is 29.1 Å². The van der Waals surface area contributed by atoms with E-state index in [0.29, 0.717) is 43.1 Å². The molecule has 4 saturated carbocycles. The van der Waals surface area contributed by atoms with Crippen LogP contribution in [0, 0.1) is 28.6 Å². The third-order valence-corrected chi connectivity index (χ3v) is 9.05. The smallest absolute Gasteiger partial charge is 0.322 e. The number of hydrogen-bond donors (Lipinski definition) is 2. The second-order valence-corrected chi connectivity index (χ2v) is 12.4. The fraction of sp³-hybridized carbons (Fsp3) is 0.552. The van der Waals surface area contributed by atoms with Gasteiger partial charge in [0.1, 0.15) is 6.61 Å². The Labute approximate surface area is 243 Å². The highest BCUT2D eigenvalue weighted by molar-refractivity contribution is 5.91. The molecule has 0 atom stereocenters. The van der Waals surface area contributed by atoms with Crippen molar-refractivity contribution in [1.29, 1.82) is 5.26 Å². The van der Waals surface area contributed by atoms with Crippen molar-refractivity contribution in [2.24, 2.45) is 24.3 Å². The summed E-state index contributed by atoms with van der Waals surface area (Å²) in [5, 5.41) is 12.6. The first kappa shape index (κ1) is 26.4. The molecule has 0 unspecified atom stereocenters. The van der Waals surface area contributed by atoms with Gasteiger partial charge in [0.05, 0.1) is 30.1 Å². The number of anilines is 2. The van der Waals surface area contributed by atoms with Crippen LogP contribution in [0.1, 0.15) is 55.6 Å². The molecular formula is C29H34N10O3. The first-order valence-electron chi connectivity index (χ1n) is 14.6. The normalized spacial score (nSPS) is 23.7. The minimum absolute atomic E-state index is 0.0581. The second kappa shape index (κ2) is 10.1. The molecule has 0 spiro atoms. The van der Waals surface area contributed by atoms with Crippen LogP contribution in [0.5, 0.6) is 11.8 Å². The highest BCUT2D eigenvalue weighted by atomic mass is 16.5. The van der Waals surface area contributed by atoms with Crippen LogP contribution in [-0.2, 0) is 7.05 Å². The maximum Gasteiger partial charge on any atom is 0.322 e. The monoisotopic (exact) mass is 570 g/mol. The lowest BCUT2D eigenvalue weighted by molar-refractivity contribution is -0.0441. The van der Waals surface area contributed by atoms with Gasteiger partial charge in [-0.15, -0.1) is 0 Å². The van der Waals surface area contributed by atoms with Crippen molar-refractivity contribution in [2.75, 3.05) is 36.9 Å². The second-order valence-electron chi connectivity index (χ2n) is 12.4. The standard InChI is InChI=1S/C29H34N10O3/c1-38-13-21(33-17-38)20-8-22(23(31)32-12-20)41-14-18-2-6-39(7-3-18)26-34-24(25(40)37-29-9-19(10-29)11-29)35-27(36-26)42-16-28(15-30)4-5-28/h8,12-13,17-19H,2-7,9-11,14,16H2,1H3,(H2,31,32)(H,37,40). The molecule has 42 heavy (non-hydrogen) atoms. The number of ether oxygens (including phenoxy) is 2. The van der Waals surface area contributed by atoms with Gasteiger partial charge >= 0.3 is 6.01 Å². The Hall–Kier alpha value is -4.47. The maximum atomic E-state index is 13.1. The van der Waals surface area contributed by atoms with Crippen molar-refractivity contribution >= 4 is 17.7 Å². The van der Waals surface area contributed by atoms with Crippen molar-refractivity contribution in [1.82, 2.24) is 34.8 Å². The van der Waals surface area contributed by atoms with Gasteiger partial charge in [-0.25, -0.2) is 9.97 Å². The van der Waals surface area contributed by atoms with Crippen molar-refractivity contribution in [2.45, 2.75) is 50.5 Å². The van der Waals surface area contributed by atoms with E-state index < -0.39 is 5.41 Å². The number of imidazole rings is 1. The number of nitriles is 1. The van der Waals surface area contributed by atoms with Crippen LogP contribution in [0.25, 0.3) is 11.3 Å². The summed E-state index contributed by atoms with van der Waals surface area (Å²) in [5.74, 6) is 2.10. The van der Waals surface area contributed by atoms with E-state index in [1.165, 1.54) is 0 Å². The molecule has 218 valence electrons. The Morgan fingerprint density at radius 2 is 1.95 bits per heavy atom. The third kappa shape index (κ3) is 5.17. The molecule has 5 fully saturated rings. The minimum atomic E-state index is -0.477. The lowest BCUT2D eigenvalue weighted by atomic mass is 9.50. The third-order valence-electron chi connectivity index (χ3n) is 9.05. The van der Waals surface area contributed by atoms with E-state index >= 15 is 0 Å². The number of nitrogens with one attached hydrogen (secondary N) is 1. The Balaban J connectivity index is 1.00. The predicted octanol–water partition coefficient (Wildman–Crippen LogP) is 2.51. The Kier molecular flexibility index (Phi) is 6.36. The number of pyridine rings is 1. The highest BCUT2D eigenvalue weighted by Crippen LogP contribution is 2.57. The number of piperidine rings is 1. The predicted molar refractivity (Wildman–Crippen MR) is 151 cm³/mol. The highest BCUT2D eigenvalue weighted by Gasteiger charge is 2.57. The van der Waals surface area contributed by atoms with Gasteiger partial charge in [-0.3, -0.25) is 4.79 Å². The number of aryl methyl sites for hydroxylation is 1. The molecule has 13 heteroatoms. The van der Waals surface area contributed by atoms with Crippen molar-refractivity contribution in [3.05, 3.63) is 30.6 Å². The topological polar surface area (TPSA) is 170 Å². The number of nitrogens with two attached hydrogens (primary N) is 1. The number of hydrogen-bond acceptors (Lipinski definition) is 11. The molecule has 13 nitrogen and oxygen atoms in total. The number of carbonyl (C=O) groups excluding carboxylic acids is 1. The zero-order valence-electron chi connectivity index (χ0n) is 23.6. The molecule has 5 aliphatic rings. The summed E-state index contributed by atoms with van der Waals surface area (Å²) in [5.41, 5.74) is 7.18. The SMILES string of the molecule is Cn1cnc(-c2cnc(N)c(OCC3CCN(c4nc(OCC5(C#N)CC5)nc(C(=O)NC56CC(C5)C6)n4)CC3)c2)c1. The van der Waals surface area contributed by atoms with Gasteiger partial charge in [0.2, 0.25) is 11.8 Å². The van der Waals surface area contributed by atoms with Crippen LogP contribution < -0.4 is 25.4 Å². The van der Waals surface area contributed by atoms with Crippen LogP contribution in [0.4, 0.5) is 11.8 Å². The van der Waals surface area contributed by atoms with Crippen LogP contribution >= 0.6 is 0 Å². The number of nitrogen functional groups attached to an aromatic ring is 1. The lowest BCUT2D eigenvalue weighted by Crippen LogP contribution is -2.68. The molecule has 3 aromatic heterocycles. The summed E-state index contributed by atoms with van der Waals surface area (Å²) in [4.78, 5) is 37.3. The van der Waals surface area contributed by atoms with E-state index in [1.54, 1.807) is 12.5 Å². The quantitative estimate of drug-likeness (QED) is 0.367. The van der Waals surface area contributed by atoms with E-state index in [2.05, 4.69) is 41.2 Å². The van der Waals surface area contributed by atoms with Crippen molar-refractivity contribution < 1.29 is 14.3 Å². The van der Waals surface area contributed by atoms with Crippen LogP contribution in [-0.4, -0.2) is 67.2 Å². The summed E-state index contributed by atoms with van der Waals surface area (Å²) >= 11 is 0. The van der Waals surface area contributed by atoms with E-state index in [1.807, 2.05) is 23.9 Å². The number of nitrogens with zero attached hydrogens (tertiary/aromatic N) is 8. The summed E-state index contributed by atoms with van der Waals surface area (Å²) in [6, 6.07) is 4.29. The first-order chi connectivity index (χ1) is 20.3.